The number of halogens is 1. The zero-order valence-electron chi connectivity index (χ0n) is 11.3. The first-order chi connectivity index (χ1) is 8.75. The highest BCUT2D eigenvalue weighted by Crippen LogP contribution is 2.31. The van der Waals surface area contributed by atoms with E-state index in [0.717, 1.165) is 38.2 Å². The van der Waals surface area contributed by atoms with Crippen LogP contribution in [-0.2, 0) is 11.2 Å². The Bertz CT molecular complexity index is 457. The molecule has 1 N–H and O–H groups in total. The van der Waals surface area contributed by atoms with Crippen LogP contribution in [0.15, 0.2) is 24.3 Å². The Labute approximate surface area is 120 Å². The van der Waals surface area contributed by atoms with E-state index < -0.39 is 0 Å². The molecule has 0 bridgehead atoms. The van der Waals surface area contributed by atoms with E-state index in [4.69, 9.17) is 0 Å². The molecule has 1 aromatic rings. The van der Waals surface area contributed by atoms with Crippen LogP contribution in [0.5, 0.6) is 0 Å². The van der Waals surface area contributed by atoms with E-state index >= 15 is 0 Å². The SMILES string of the molecule is CC1Cc2ccccc2N(C(=O)C2CCNC2)C1.Cl. The number of para-hydroxylation sites is 1. The lowest BCUT2D eigenvalue weighted by Crippen LogP contribution is -2.43. The van der Waals surface area contributed by atoms with Gasteiger partial charge < -0.3 is 10.2 Å². The van der Waals surface area contributed by atoms with Crippen molar-refractivity contribution < 1.29 is 4.79 Å². The maximum absolute atomic E-state index is 12.6. The maximum atomic E-state index is 12.6. The molecule has 2 unspecified atom stereocenters. The topological polar surface area (TPSA) is 32.3 Å². The Morgan fingerprint density at radius 1 is 1.37 bits per heavy atom. The lowest BCUT2D eigenvalue weighted by molar-refractivity contribution is -0.122. The van der Waals surface area contributed by atoms with Crippen LogP contribution in [-0.4, -0.2) is 25.5 Å². The summed E-state index contributed by atoms with van der Waals surface area (Å²) in [4.78, 5) is 14.6. The minimum Gasteiger partial charge on any atom is -0.316 e. The molecule has 1 fully saturated rings. The van der Waals surface area contributed by atoms with Crippen LogP contribution in [0.4, 0.5) is 5.69 Å². The number of rotatable bonds is 1. The van der Waals surface area contributed by atoms with Gasteiger partial charge in [-0.25, -0.2) is 0 Å². The van der Waals surface area contributed by atoms with Crippen LogP contribution in [0.2, 0.25) is 0 Å². The monoisotopic (exact) mass is 280 g/mol. The fraction of sp³-hybridized carbons (Fsp3) is 0.533. The summed E-state index contributed by atoms with van der Waals surface area (Å²) in [5.74, 6) is 1.03. The molecule has 2 heterocycles. The zero-order valence-corrected chi connectivity index (χ0v) is 12.1. The first kappa shape index (κ1) is 14.4. The minimum atomic E-state index is 0. The number of carbonyl (C=O) groups is 1. The van der Waals surface area contributed by atoms with Crippen LogP contribution >= 0.6 is 12.4 Å². The molecule has 2 aliphatic rings. The number of carbonyl (C=O) groups excluding carboxylic acids is 1. The number of anilines is 1. The van der Waals surface area contributed by atoms with E-state index in [2.05, 4.69) is 30.4 Å². The third-order valence-corrected chi connectivity index (χ3v) is 4.02. The van der Waals surface area contributed by atoms with Gasteiger partial charge in [-0.2, -0.15) is 0 Å². The minimum absolute atomic E-state index is 0. The Kier molecular flexibility index (Phi) is 4.48. The van der Waals surface area contributed by atoms with E-state index in [1.165, 1.54) is 5.56 Å². The lowest BCUT2D eigenvalue weighted by atomic mass is 9.92. The predicted molar refractivity (Wildman–Crippen MR) is 79.9 cm³/mol. The third-order valence-electron chi connectivity index (χ3n) is 4.02. The van der Waals surface area contributed by atoms with Crippen LogP contribution < -0.4 is 10.2 Å². The van der Waals surface area contributed by atoms with E-state index in [9.17, 15) is 4.79 Å². The van der Waals surface area contributed by atoms with Gasteiger partial charge >= 0.3 is 0 Å². The molecule has 3 nitrogen and oxygen atoms in total. The van der Waals surface area contributed by atoms with Crippen molar-refractivity contribution in [2.45, 2.75) is 19.8 Å². The van der Waals surface area contributed by atoms with Gasteiger partial charge in [0.15, 0.2) is 0 Å². The van der Waals surface area contributed by atoms with Gasteiger partial charge in [0, 0.05) is 18.8 Å². The Hall–Kier alpha value is -1.06. The summed E-state index contributed by atoms with van der Waals surface area (Å²) in [6.07, 6.45) is 2.06. The molecule has 2 aliphatic heterocycles. The van der Waals surface area contributed by atoms with Gasteiger partial charge in [0.25, 0.3) is 0 Å². The van der Waals surface area contributed by atoms with Crippen molar-refractivity contribution in [3.8, 4) is 0 Å². The van der Waals surface area contributed by atoms with E-state index in [1.807, 2.05) is 11.0 Å². The van der Waals surface area contributed by atoms with Gasteiger partial charge in [-0.3, -0.25) is 4.79 Å². The summed E-state index contributed by atoms with van der Waals surface area (Å²) in [5.41, 5.74) is 2.45. The van der Waals surface area contributed by atoms with Crippen molar-refractivity contribution in [1.82, 2.24) is 5.32 Å². The zero-order chi connectivity index (χ0) is 12.5. The second kappa shape index (κ2) is 5.93. The van der Waals surface area contributed by atoms with E-state index in [1.54, 1.807) is 0 Å². The summed E-state index contributed by atoms with van der Waals surface area (Å²) in [5, 5.41) is 3.28. The van der Waals surface area contributed by atoms with Gasteiger partial charge in [0.1, 0.15) is 0 Å². The highest BCUT2D eigenvalue weighted by molar-refractivity contribution is 5.96. The summed E-state index contributed by atoms with van der Waals surface area (Å²) in [6.45, 7) is 4.91. The van der Waals surface area contributed by atoms with Crippen molar-refractivity contribution in [1.29, 1.82) is 0 Å². The summed E-state index contributed by atoms with van der Waals surface area (Å²) in [6, 6.07) is 8.33. The number of nitrogens with one attached hydrogen (secondary N) is 1. The fourth-order valence-corrected chi connectivity index (χ4v) is 3.09. The molecule has 0 aromatic heterocycles. The molecular weight excluding hydrogens is 260 g/mol. The molecule has 0 aliphatic carbocycles. The molecule has 0 spiro atoms. The molecule has 104 valence electrons. The molecule has 19 heavy (non-hydrogen) atoms. The van der Waals surface area contributed by atoms with Crippen molar-refractivity contribution in [2.24, 2.45) is 11.8 Å². The van der Waals surface area contributed by atoms with Crippen LogP contribution in [0.3, 0.4) is 0 Å². The molecule has 3 rings (SSSR count). The van der Waals surface area contributed by atoms with Gasteiger partial charge in [-0.05, 0) is 36.9 Å². The Balaban J connectivity index is 0.00000133. The fourth-order valence-electron chi connectivity index (χ4n) is 3.09. The Morgan fingerprint density at radius 3 is 2.89 bits per heavy atom. The summed E-state index contributed by atoms with van der Waals surface area (Å²) in [7, 11) is 0. The number of nitrogens with zero attached hydrogens (tertiary/aromatic N) is 1. The molecule has 4 heteroatoms. The van der Waals surface area contributed by atoms with Gasteiger partial charge in [0.2, 0.25) is 5.91 Å². The normalized spacial score (nSPS) is 25.6. The standard InChI is InChI=1S/C15H20N2O.ClH/c1-11-8-12-4-2-3-5-14(12)17(10-11)15(18)13-6-7-16-9-13;/h2-5,11,13,16H,6-10H2,1H3;1H. The molecule has 0 saturated carbocycles. The second-order valence-electron chi connectivity index (χ2n) is 5.58. The van der Waals surface area contributed by atoms with Crippen LogP contribution in [0, 0.1) is 11.8 Å². The number of hydrogen-bond donors (Lipinski definition) is 1. The number of fused-ring (bicyclic) bond motifs is 1. The third kappa shape index (κ3) is 2.77. The quantitative estimate of drug-likeness (QED) is 0.856. The Morgan fingerprint density at radius 2 is 2.16 bits per heavy atom. The largest absolute Gasteiger partial charge is 0.316 e. The highest BCUT2D eigenvalue weighted by atomic mass is 35.5. The lowest BCUT2D eigenvalue weighted by Gasteiger charge is -2.34. The molecule has 1 aromatic carbocycles. The van der Waals surface area contributed by atoms with Crippen molar-refractivity contribution in [2.75, 3.05) is 24.5 Å². The second-order valence-corrected chi connectivity index (χ2v) is 5.58. The molecule has 2 atom stereocenters. The summed E-state index contributed by atoms with van der Waals surface area (Å²) < 4.78 is 0. The number of hydrogen-bond acceptors (Lipinski definition) is 2. The number of amides is 1. The van der Waals surface area contributed by atoms with Crippen LogP contribution in [0.25, 0.3) is 0 Å². The molecule has 1 saturated heterocycles. The van der Waals surface area contributed by atoms with Crippen LogP contribution in [0.1, 0.15) is 18.9 Å². The average Bonchev–Trinajstić information content (AvgIpc) is 2.90. The molecule has 1 amide bonds. The van der Waals surface area contributed by atoms with Crippen molar-refractivity contribution in [3.05, 3.63) is 29.8 Å². The smallest absolute Gasteiger partial charge is 0.231 e. The highest BCUT2D eigenvalue weighted by Gasteiger charge is 2.32. The van der Waals surface area contributed by atoms with Gasteiger partial charge in [-0.15, -0.1) is 12.4 Å². The van der Waals surface area contributed by atoms with E-state index in [0.29, 0.717) is 11.8 Å². The average molecular weight is 281 g/mol. The summed E-state index contributed by atoms with van der Waals surface area (Å²) >= 11 is 0. The van der Waals surface area contributed by atoms with Gasteiger partial charge in [0.05, 0.1) is 5.92 Å². The van der Waals surface area contributed by atoms with Gasteiger partial charge in [-0.1, -0.05) is 25.1 Å². The molecule has 0 radical (unpaired) electrons. The van der Waals surface area contributed by atoms with Crippen molar-refractivity contribution >= 4 is 24.0 Å². The first-order valence-electron chi connectivity index (χ1n) is 6.85. The molecular formula is C15H21ClN2O. The van der Waals surface area contributed by atoms with Crippen molar-refractivity contribution in [3.63, 3.8) is 0 Å². The number of benzene rings is 1. The predicted octanol–water partition coefficient (Wildman–Crippen LogP) is 2.24. The first-order valence-corrected chi connectivity index (χ1v) is 6.85. The van der Waals surface area contributed by atoms with E-state index in [-0.39, 0.29) is 18.3 Å². The maximum Gasteiger partial charge on any atom is 0.231 e.